The van der Waals surface area contributed by atoms with E-state index in [2.05, 4.69) is 4.98 Å². The predicted octanol–water partition coefficient (Wildman–Crippen LogP) is 0.794. The third-order valence-corrected chi connectivity index (χ3v) is 4.27. The minimum Gasteiger partial charge on any atom is -0.481 e. The number of aryl methyl sites for hydroxylation is 1. The molecule has 136 valence electrons. The van der Waals surface area contributed by atoms with Gasteiger partial charge in [0.2, 0.25) is 11.8 Å². The van der Waals surface area contributed by atoms with Crippen LogP contribution in [-0.2, 0) is 9.59 Å². The van der Waals surface area contributed by atoms with Gasteiger partial charge in [0.25, 0.3) is 5.91 Å². The first-order valence-electron chi connectivity index (χ1n) is 8.11. The molecule has 25 heavy (non-hydrogen) atoms. The topological polar surface area (TPSA) is 100 Å². The Morgan fingerprint density at radius 2 is 2.12 bits per heavy atom. The molecule has 1 aromatic rings. The van der Waals surface area contributed by atoms with E-state index in [0.717, 1.165) is 5.69 Å². The number of hydrogen-bond acceptors (Lipinski definition) is 5. The molecule has 0 saturated carbocycles. The van der Waals surface area contributed by atoms with Crippen molar-refractivity contribution < 1.29 is 24.2 Å². The van der Waals surface area contributed by atoms with Gasteiger partial charge >= 0.3 is 5.97 Å². The molecule has 1 atom stereocenters. The number of piperidine rings is 1. The quantitative estimate of drug-likeness (QED) is 0.844. The number of nitrogens with zero attached hydrogens (tertiary/aromatic N) is 3. The summed E-state index contributed by atoms with van der Waals surface area (Å²) in [7, 11) is 2.96. The van der Waals surface area contributed by atoms with Gasteiger partial charge in [0.1, 0.15) is 5.56 Å². The fourth-order valence-corrected chi connectivity index (χ4v) is 2.84. The number of aliphatic carboxylic acids is 1. The summed E-state index contributed by atoms with van der Waals surface area (Å²) in [6, 6.07) is 3.32. The van der Waals surface area contributed by atoms with Crippen molar-refractivity contribution >= 4 is 17.8 Å². The summed E-state index contributed by atoms with van der Waals surface area (Å²) in [5, 5.41) is 9.11. The molecule has 1 N–H and O–H groups in total. The highest BCUT2D eigenvalue weighted by Crippen LogP contribution is 2.19. The molecule has 0 aliphatic carbocycles. The van der Waals surface area contributed by atoms with Crippen molar-refractivity contribution in [1.29, 1.82) is 0 Å². The maximum atomic E-state index is 12.6. The highest BCUT2D eigenvalue weighted by molar-refractivity contribution is 5.98. The summed E-state index contributed by atoms with van der Waals surface area (Å²) >= 11 is 0. The number of carbonyl (C=O) groups is 3. The molecule has 1 aliphatic rings. The Kier molecular flexibility index (Phi) is 5.95. The smallest absolute Gasteiger partial charge is 0.308 e. The lowest BCUT2D eigenvalue weighted by molar-refractivity contribution is -0.145. The SMILES string of the molecule is COc1nc(C)ccc1C(=O)N(C)CC(=O)N1CCC[C@@H](C(=O)O)C1. The summed E-state index contributed by atoms with van der Waals surface area (Å²) in [6.07, 6.45) is 1.22. The monoisotopic (exact) mass is 349 g/mol. The lowest BCUT2D eigenvalue weighted by atomic mass is 9.98. The van der Waals surface area contributed by atoms with Crippen LogP contribution in [0.5, 0.6) is 5.88 Å². The molecule has 0 unspecified atom stereocenters. The molecule has 0 bridgehead atoms. The second kappa shape index (κ2) is 7.96. The van der Waals surface area contributed by atoms with Gasteiger partial charge < -0.3 is 19.6 Å². The largest absolute Gasteiger partial charge is 0.481 e. The van der Waals surface area contributed by atoms with Gasteiger partial charge in [-0.05, 0) is 31.9 Å². The molecule has 1 fully saturated rings. The number of carbonyl (C=O) groups excluding carboxylic acids is 2. The average molecular weight is 349 g/mol. The number of carboxylic acids is 1. The molecule has 0 radical (unpaired) electrons. The van der Waals surface area contributed by atoms with E-state index in [4.69, 9.17) is 9.84 Å². The fourth-order valence-electron chi connectivity index (χ4n) is 2.84. The second-order valence-corrected chi connectivity index (χ2v) is 6.19. The van der Waals surface area contributed by atoms with Crippen LogP contribution in [-0.4, -0.2) is 71.5 Å². The zero-order valence-corrected chi connectivity index (χ0v) is 14.7. The van der Waals surface area contributed by atoms with Crippen molar-refractivity contribution in [2.75, 3.05) is 33.8 Å². The van der Waals surface area contributed by atoms with Crippen LogP contribution in [0.4, 0.5) is 0 Å². The van der Waals surface area contributed by atoms with E-state index >= 15 is 0 Å². The van der Waals surface area contributed by atoms with Crippen LogP contribution in [0.3, 0.4) is 0 Å². The second-order valence-electron chi connectivity index (χ2n) is 6.19. The molecule has 1 aliphatic heterocycles. The molecule has 8 nitrogen and oxygen atoms in total. The zero-order valence-electron chi connectivity index (χ0n) is 14.7. The van der Waals surface area contributed by atoms with E-state index < -0.39 is 11.9 Å². The van der Waals surface area contributed by atoms with Crippen molar-refractivity contribution in [3.8, 4) is 5.88 Å². The van der Waals surface area contributed by atoms with Gasteiger partial charge in [0, 0.05) is 25.8 Å². The van der Waals surface area contributed by atoms with Crippen LogP contribution >= 0.6 is 0 Å². The van der Waals surface area contributed by atoms with Gasteiger partial charge in [0.15, 0.2) is 0 Å². The highest BCUT2D eigenvalue weighted by Gasteiger charge is 2.29. The van der Waals surface area contributed by atoms with Gasteiger partial charge in [-0.1, -0.05) is 0 Å². The molecule has 8 heteroatoms. The number of aromatic nitrogens is 1. The Labute approximate surface area is 146 Å². The number of rotatable bonds is 5. The van der Waals surface area contributed by atoms with Crippen LogP contribution in [0.25, 0.3) is 0 Å². The van der Waals surface area contributed by atoms with Gasteiger partial charge in [-0.25, -0.2) is 4.98 Å². The molecule has 0 spiro atoms. The lowest BCUT2D eigenvalue weighted by Gasteiger charge is -2.32. The molecule has 2 heterocycles. The van der Waals surface area contributed by atoms with Crippen LogP contribution in [0.2, 0.25) is 0 Å². The van der Waals surface area contributed by atoms with Crippen molar-refractivity contribution in [2.45, 2.75) is 19.8 Å². The molecule has 1 aromatic heterocycles. The summed E-state index contributed by atoms with van der Waals surface area (Å²) in [5.74, 6) is -1.85. The number of ether oxygens (including phenoxy) is 1. The molecule has 0 aromatic carbocycles. The standard InChI is InChI=1S/C17H23N3O5/c1-11-6-7-13(15(18-11)25-3)16(22)19(2)10-14(21)20-8-4-5-12(9-20)17(23)24/h6-7,12H,4-5,8-10H2,1-3H3,(H,23,24)/t12-/m1/s1. The number of carboxylic acid groups (broad SMARTS) is 1. The first kappa shape index (κ1) is 18.7. The number of likely N-dealkylation sites (tertiary alicyclic amines) is 1. The van der Waals surface area contributed by atoms with Crippen molar-refractivity contribution in [3.05, 3.63) is 23.4 Å². The number of pyridine rings is 1. The van der Waals surface area contributed by atoms with E-state index in [0.29, 0.717) is 19.4 Å². The van der Waals surface area contributed by atoms with E-state index in [1.165, 1.54) is 24.0 Å². The molecular weight excluding hydrogens is 326 g/mol. The summed E-state index contributed by atoms with van der Waals surface area (Å²) in [6.45, 7) is 2.37. The van der Waals surface area contributed by atoms with Crippen molar-refractivity contribution in [1.82, 2.24) is 14.8 Å². The zero-order chi connectivity index (χ0) is 18.6. The van der Waals surface area contributed by atoms with Crippen LogP contribution < -0.4 is 4.74 Å². The minimum absolute atomic E-state index is 0.123. The van der Waals surface area contributed by atoms with Gasteiger partial charge in [-0.2, -0.15) is 0 Å². The average Bonchev–Trinajstić information content (AvgIpc) is 2.60. The maximum Gasteiger partial charge on any atom is 0.308 e. The molecular formula is C17H23N3O5. The Morgan fingerprint density at radius 3 is 2.76 bits per heavy atom. The van der Waals surface area contributed by atoms with Crippen LogP contribution in [0.1, 0.15) is 28.9 Å². The Hall–Kier alpha value is -2.64. The first-order valence-corrected chi connectivity index (χ1v) is 8.11. The highest BCUT2D eigenvalue weighted by atomic mass is 16.5. The van der Waals surface area contributed by atoms with E-state index in [1.54, 1.807) is 19.1 Å². The fraction of sp³-hybridized carbons (Fsp3) is 0.529. The molecule has 2 rings (SSSR count). The molecule has 2 amide bonds. The lowest BCUT2D eigenvalue weighted by Crippen LogP contribution is -2.47. The van der Waals surface area contributed by atoms with E-state index in [9.17, 15) is 14.4 Å². The summed E-state index contributed by atoms with van der Waals surface area (Å²) in [4.78, 5) is 43.1. The maximum absolute atomic E-state index is 12.6. The van der Waals surface area contributed by atoms with E-state index in [-0.39, 0.29) is 36.3 Å². The third kappa shape index (κ3) is 4.46. The van der Waals surface area contributed by atoms with Crippen LogP contribution in [0.15, 0.2) is 12.1 Å². The summed E-state index contributed by atoms with van der Waals surface area (Å²) in [5.41, 5.74) is 1.01. The third-order valence-electron chi connectivity index (χ3n) is 4.27. The minimum atomic E-state index is -0.891. The first-order chi connectivity index (χ1) is 11.8. The van der Waals surface area contributed by atoms with Gasteiger partial charge in [-0.15, -0.1) is 0 Å². The Bertz CT molecular complexity index is 676. The van der Waals surface area contributed by atoms with Gasteiger partial charge in [0.05, 0.1) is 19.6 Å². The van der Waals surface area contributed by atoms with Crippen molar-refractivity contribution in [3.63, 3.8) is 0 Å². The van der Waals surface area contributed by atoms with Gasteiger partial charge in [-0.3, -0.25) is 14.4 Å². The predicted molar refractivity (Wildman–Crippen MR) is 89.4 cm³/mol. The van der Waals surface area contributed by atoms with Crippen molar-refractivity contribution in [2.24, 2.45) is 5.92 Å². The van der Waals surface area contributed by atoms with Crippen LogP contribution in [0, 0.1) is 12.8 Å². The summed E-state index contributed by atoms with van der Waals surface area (Å²) < 4.78 is 5.14. The van der Waals surface area contributed by atoms with E-state index in [1.807, 2.05) is 0 Å². The number of likely N-dealkylation sites (N-methyl/N-ethyl adjacent to an activating group) is 1. The number of methoxy groups -OCH3 is 1. The number of hydrogen-bond donors (Lipinski definition) is 1. The number of amides is 2. The Morgan fingerprint density at radius 1 is 1.40 bits per heavy atom. The molecule has 1 saturated heterocycles. The normalized spacial score (nSPS) is 17.1. The Balaban J connectivity index is 2.03.